The van der Waals surface area contributed by atoms with Crippen LogP contribution in [0.4, 0.5) is 10.5 Å². The molecule has 1 heterocycles. The number of nitrogens with one attached hydrogen (secondary N) is 1. The number of non-ortho nitro benzene ring substituents is 1. The summed E-state index contributed by atoms with van der Waals surface area (Å²) in [5, 5.41) is 13.4. The molecule has 0 unspecified atom stereocenters. The topological polar surface area (TPSA) is 110 Å². The number of aryl methyl sites for hydroxylation is 1. The van der Waals surface area contributed by atoms with Gasteiger partial charge in [0.05, 0.1) is 11.5 Å². The Morgan fingerprint density at radius 3 is 2.26 bits per heavy atom. The molecule has 0 aliphatic carbocycles. The number of carbonyl (C=O) groups is 3. The van der Waals surface area contributed by atoms with E-state index in [1.54, 1.807) is 24.3 Å². The average Bonchev–Trinajstić information content (AvgIpc) is 2.86. The number of hydrogen-bond donors (Lipinski definition) is 1. The predicted octanol–water partition coefficient (Wildman–Crippen LogP) is 2.55. The van der Waals surface area contributed by atoms with Crippen molar-refractivity contribution in [2.75, 3.05) is 6.54 Å². The Morgan fingerprint density at radius 1 is 1.11 bits per heavy atom. The third-order valence-corrected chi connectivity index (χ3v) is 4.61. The number of amides is 3. The summed E-state index contributed by atoms with van der Waals surface area (Å²) in [5.74, 6) is -0.937. The van der Waals surface area contributed by atoms with Crippen molar-refractivity contribution in [3.63, 3.8) is 0 Å². The van der Waals surface area contributed by atoms with Gasteiger partial charge in [0, 0.05) is 17.7 Å². The maximum atomic E-state index is 12.8. The Kier molecular flexibility index (Phi) is 4.49. The van der Waals surface area contributed by atoms with Crippen LogP contribution >= 0.6 is 0 Å². The van der Waals surface area contributed by atoms with Crippen LogP contribution in [0.2, 0.25) is 0 Å². The van der Waals surface area contributed by atoms with Crippen LogP contribution in [-0.4, -0.2) is 34.1 Å². The van der Waals surface area contributed by atoms with E-state index in [2.05, 4.69) is 5.32 Å². The zero-order valence-corrected chi connectivity index (χ0v) is 14.8. The molecule has 2 aromatic rings. The van der Waals surface area contributed by atoms with Crippen molar-refractivity contribution < 1.29 is 19.3 Å². The molecule has 138 valence electrons. The van der Waals surface area contributed by atoms with Crippen molar-refractivity contribution in [1.82, 2.24) is 10.2 Å². The summed E-state index contributed by atoms with van der Waals surface area (Å²) in [7, 11) is 0. The molecule has 3 rings (SSSR count). The van der Waals surface area contributed by atoms with Gasteiger partial charge in [0.25, 0.3) is 11.6 Å². The fourth-order valence-corrected chi connectivity index (χ4v) is 2.93. The molecule has 27 heavy (non-hydrogen) atoms. The van der Waals surface area contributed by atoms with Crippen LogP contribution in [0.25, 0.3) is 0 Å². The molecule has 1 aliphatic heterocycles. The Morgan fingerprint density at radius 2 is 1.70 bits per heavy atom. The van der Waals surface area contributed by atoms with E-state index in [1.807, 2.05) is 6.92 Å². The second-order valence-corrected chi connectivity index (χ2v) is 6.54. The fraction of sp³-hybridized carbons (Fsp3) is 0.211. The van der Waals surface area contributed by atoms with Gasteiger partial charge in [0.2, 0.25) is 0 Å². The maximum absolute atomic E-state index is 12.8. The zero-order chi connectivity index (χ0) is 19.8. The van der Waals surface area contributed by atoms with Crippen molar-refractivity contribution in [3.05, 3.63) is 75.3 Å². The number of nitro benzene ring substituents is 1. The van der Waals surface area contributed by atoms with E-state index in [1.165, 1.54) is 31.2 Å². The van der Waals surface area contributed by atoms with Crippen LogP contribution in [0.3, 0.4) is 0 Å². The molecule has 8 nitrogen and oxygen atoms in total. The summed E-state index contributed by atoms with van der Waals surface area (Å²) in [4.78, 5) is 48.7. The van der Waals surface area contributed by atoms with Gasteiger partial charge in [0.1, 0.15) is 5.54 Å². The van der Waals surface area contributed by atoms with Crippen LogP contribution in [0.5, 0.6) is 0 Å². The lowest BCUT2D eigenvalue weighted by Crippen LogP contribution is -2.41. The molecule has 8 heteroatoms. The van der Waals surface area contributed by atoms with Crippen LogP contribution in [-0.2, 0) is 10.3 Å². The first-order valence-corrected chi connectivity index (χ1v) is 8.21. The first-order valence-electron chi connectivity index (χ1n) is 8.21. The van der Waals surface area contributed by atoms with Gasteiger partial charge in [0.15, 0.2) is 5.78 Å². The number of hydrogen-bond acceptors (Lipinski definition) is 5. The number of carbonyl (C=O) groups excluding carboxylic acids is 3. The summed E-state index contributed by atoms with van der Waals surface area (Å²) in [5.41, 5.74) is 0.291. The Bertz CT molecular complexity index is 937. The van der Waals surface area contributed by atoms with Crippen LogP contribution in [0.1, 0.15) is 28.4 Å². The van der Waals surface area contributed by atoms with E-state index in [4.69, 9.17) is 0 Å². The maximum Gasteiger partial charge on any atom is 0.325 e. The Hall–Kier alpha value is -3.55. The third-order valence-electron chi connectivity index (χ3n) is 4.61. The number of urea groups is 1. The SMILES string of the molecule is Cc1ccc(C(=O)CN2C(=O)N[C@](C)(c3ccc([N+](=O)[O-])cc3)C2=O)cc1. The van der Waals surface area contributed by atoms with Gasteiger partial charge < -0.3 is 5.32 Å². The number of imide groups is 1. The highest BCUT2D eigenvalue weighted by atomic mass is 16.6. The monoisotopic (exact) mass is 367 g/mol. The summed E-state index contributed by atoms with van der Waals surface area (Å²) >= 11 is 0. The summed E-state index contributed by atoms with van der Waals surface area (Å²) < 4.78 is 0. The molecule has 0 bridgehead atoms. The number of rotatable bonds is 5. The average molecular weight is 367 g/mol. The van der Waals surface area contributed by atoms with Crippen LogP contribution in [0, 0.1) is 17.0 Å². The minimum Gasteiger partial charge on any atom is -0.319 e. The number of nitrogens with zero attached hydrogens (tertiary/aromatic N) is 2. The highest BCUT2D eigenvalue weighted by molar-refractivity contribution is 6.11. The quantitative estimate of drug-likeness (QED) is 0.378. The largest absolute Gasteiger partial charge is 0.325 e. The molecule has 1 aliphatic rings. The lowest BCUT2D eigenvalue weighted by atomic mass is 9.92. The van der Waals surface area contributed by atoms with Gasteiger partial charge in [-0.15, -0.1) is 0 Å². The van der Waals surface area contributed by atoms with Gasteiger partial charge in [-0.1, -0.05) is 29.8 Å². The molecule has 0 aromatic heterocycles. The lowest BCUT2D eigenvalue weighted by molar-refractivity contribution is -0.384. The minimum atomic E-state index is -1.39. The number of nitro groups is 1. The van der Waals surface area contributed by atoms with Gasteiger partial charge in [-0.25, -0.2) is 4.79 Å². The summed E-state index contributed by atoms with van der Waals surface area (Å²) in [6.45, 7) is 3.02. The second-order valence-electron chi connectivity index (χ2n) is 6.54. The Labute approximate surface area is 154 Å². The van der Waals surface area contributed by atoms with Crippen molar-refractivity contribution in [2.45, 2.75) is 19.4 Å². The van der Waals surface area contributed by atoms with Crippen molar-refractivity contribution in [3.8, 4) is 0 Å². The highest BCUT2D eigenvalue weighted by Crippen LogP contribution is 2.30. The van der Waals surface area contributed by atoms with E-state index < -0.39 is 22.4 Å². The number of ketones is 1. The van der Waals surface area contributed by atoms with Gasteiger partial charge in [-0.3, -0.25) is 24.6 Å². The van der Waals surface area contributed by atoms with E-state index in [-0.39, 0.29) is 18.0 Å². The van der Waals surface area contributed by atoms with E-state index in [0.29, 0.717) is 11.1 Å². The molecule has 2 aromatic carbocycles. The van der Waals surface area contributed by atoms with Crippen LogP contribution < -0.4 is 5.32 Å². The Balaban J connectivity index is 1.82. The van der Waals surface area contributed by atoms with Gasteiger partial charge in [-0.2, -0.15) is 0 Å². The van der Waals surface area contributed by atoms with E-state index >= 15 is 0 Å². The number of Topliss-reactive ketones (excluding diaryl/α,β-unsaturated/α-hetero) is 1. The van der Waals surface area contributed by atoms with E-state index in [0.717, 1.165) is 10.5 Å². The molecular weight excluding hydrogens is 350 g/mol. The molecule has 1 atom stereocenters. The molecule has 3 amide bonds. The molecule has 1 fully saturated rings. The van der Waals surface area contributed by atoms with Crippen LogP contribution in [0.15, 0.2) is 48.5 Å². The zero-order valence-electron chi connectivity index (χ0n) is 14.8. The summed E-state index contributed by atoms with van der Waals surface area (Å²) in [6, 6.07) is 11.5. The molecule has 0 radical (unpaired) electrons. The van der Waals surface area contributed by atoms with E-state index in [9.17, 15) is 24.5 Å². The molecule has 1 saturated heterocycles. The summed E-state index contributed by atoms with van der Waals surface area (Å²) in [6.07, 6.45) is 0. The molecule has 0 saturated carbocycles. The third kappa shape index (κ3) is 3.29. The molecule has 0 spiro atoms. The molecule has 1 N–H and O–H groups in total. The van der Waals surface area contributed by atoms with Gasteiger partial charge in [-0.05, 0) is 31.5 Å². The normalized spacial score (nSPS) is 19.1. The smallest absolute Gasteiger partial charge is 0.319 e. The second kappa shape index (κ2) is 6.64. The first-order chi connectivity index (χ1) is 12.7. The number of benzene rings is 2. The highest BCUT2D eigenvalue weighted by Gasteiger charge is 2.49. The fourth-order valence-electron chi connectivity index (χ4n) is 2.93. The van der Waals surface area contributed by atoms with Crippen molar-refractivity contribution in [2.24, 2.45) is 0 Å². The van der Waals surface area contributed by atoms with Crippen molar-refractivity contribution >= 4 is 23.4 Å². The lowest BCUT2D eigenvalue weighted by Gasteiger charge is -2.22. The first kappa shape index (κ1) is 18.2. The predicted molar refractivity (Wildman–Crippen MR) is 96.2 cm³/mol. The van der Waals surface area contributed by atoms with Crippen molar-refractivity contribution in [1.29, 1.82) is 0 Å². The minimum absolute atomic E-state index is 0.120. The van der Waals surface area contributed by atoms with Gasteiger partial charge >= 0.3 is 6.03 Å². The standard InChI is InChI=1S/C19H17N3O5/c1-12-3-5-13(6-4-12)16(23)11-21-17(24)19(2,20-18(21)25)14-7-9-15(10-8-14)22(26)27/h3-10H,11H2,1-2H3,(H,20,25)/t19-/m1/s1. The molecular formula is C19H17N3O5.